The van der Waals surface area contributed by atoms with E-state index in [1.807, 2.05) is 25.1 Å². The summed E-state index contributed by atoms with van der Waals surface area (Å²) in [4.78, 5) is 23.1. The van der Waals surface area contributed by atoms with Gasteiger partial charge in [0, 0.05) is 47.5 Å². The van der Waals surface area contributed by atoms with Crippen LogP contribution >= 0.6 is 23.2 Å². The van der Waals surface area contributed by atoms with E-state index in [-0.39, 0.29) is 0 Å². The van der Waals surface area contributed by atoms with Crippen LogP contribution in [0.3, 0.4) is 0 Å². The van der Waals surface area contributed by atoms with Crippen LogP contribution in [0, 0.1) is 0 Å². The van der Waals surface area contributed by atoms with E-state index < -0.39 is 5.97 Å². The Kier molecular flexibility index (Phi) is 5.30. The number of carbonyl (C=O) groups excluding carboxylic acids is 1. The molecule has 2 heterocycles. The number of ether oxygens (including phenoxy) is 1. The number of halogens is 2. The monoisotopic (exact) mass is 389 g/mol. The molecule has 0 saturated carbocycles. The summed E-state index contributed by atoms with van der Waals surface area (Å²) in [6.45, 7) is 2.07. The normalized spacial score (nSPS) is 10.8. The predicted octanol–water partition coefficient (Wildman–Crippen LogP) is 4.85. The molecule has 134 valence electrons. The van der Waals surface area contributed by atoms with E-state index >= 15 is 0 Å². The maximum absolute atomic E-state index is 12.3. The van der Waals surface area contributed by atoms with Crippen molar-refractivity contribution >= 4 is 45.8 Å². The number of esters is 1. The Balaban J connectivity index is 2.29. The second-order valence-electron chi connectivity index (χ2n) is 5.85. The van der Waals surface area contributed by atoms with Crippen LogP contribution in [0.4, 0.5) is 5.69 Å². The van der Waals surface area contributed by atoms with Gasteiger partial charge in [0.05, 0.1) is 23.5 Å². The maximum Gasteiger partial charge on any atom is 0.341 e. The summed E-state index contributed by atoms with van der Waals surface area (Å²) in [7, 11) is 3.74. The maximum atomic E-state index is 12.3. The highest BCUT2D eigenvalue weighted by Gasteiger charge is 2.20. The van der Waals surface area contributed by atoms with Gasteiger partial charge < -0.3 is 9.64 Å². The van der Waals surface area contributed by atoms with Gasteiger partial charge >= 0.3 is 5.97 Å². The van der Waals surface area contributed by atoms with Crippen LogP contribution in [0.25, 0.3) is 22.2 Å². The predicted molar refractivity (Wildman–Crippen MR) is 105 cm³/mol. The molecule has 0 amide bonds. The average Bonchev–Trinajstić information content (AvgIpc) is 2.59. The summed E-state index contributed by atoms with van der Waals surface area (Å²) in [5.41, 5.74) is 3.19. The topological polar surface area (TPSA) is 55.3 Å². The lowest BCUT2D eigenvalue weighted by molar-refractivity contribution is 0.0527. The Morgan fingerprint density at radius 1 is 1.15 bits per heavy atom. The van der Waals surface area contributed by atoms with Crippen molar-refractivity contribution < 1.29 is 9.53 Å². The van der Waals surface area contributed by atoms with Crippen molar-refractivity contribution in [2.75, 3.05) is 25.6 Å². The van der Waals surface area contributed by atoms with E-state index in [0.29, 0.717) is 33.4 Å². The van der Waals surface area contributed by atoms with Gasteiger partial charge in [-0.2, -0.15) is 0 Å². The zero-order valence-corrected chi connectivity index (χ0v) is 16.1. The van der Waals surface area contributed by atoms with E-state index in [1.54, 1.807) is 31.3 Å². The SMILES string of the molecule is CCOC(=O)c1cnc2c(-c3cc(Cl)cc(Cl)c3)nccc2c1N(C)C. The van der Waals surface area contributed by atoms with Gasteiger partial charge in [-0.15, -0.1) is 0 Å². The highest BCUT2D eigenvalue weighted by atomic mass is 35.5. The highest BCUT2D eigenvalue weighted by molar-refractivity contribution is 6.35. The van der Waals surface area contributed by atoms with Crippen molar-refractivity contribution in [3.05, 3.63) is 52.3 Å². The molecule has 0 fully saturated rings. The van der Waals surface area contributed by atoms with Crippen molar-refractivity contribution in [2.24, 2.45) is 0 Å². The molecule has 0 aliphatic heterocycles. The van der Waals surface area contributed by atoms with Gasteiger partial charge in [-0.25, -0.2) is 4.79 Å². The number of aromatic nitrogens is 2. The highest BCUT2D eigenvalue weighted by Crippen LogP contribution is 2.35. The van der Waals surface area contributed by atoms with Crippen molar-refractivity contribution in [1.82, 2.24) is 9.97 Å². The van der Waals surface area contributed by atoms with E-state index in [9.17, 15) is 4.79 Å². The summed E-state index contributed by atoms with van der Waals surface area (Å²) < 4.78 is 5.16. The molecule has 3 aromatic rings. The number of benzene rings is 1. The van der Waals surface area contributed by atoms with Crippen LogP contribution in [-0.2, 0) is 4.74 Å². The first-order chi connectivity index (χ1) is 12.4. The van der Waals surface area contributed by atoms with Crippen LogP contribution in [0.2, 0.25) is 10.0 Å². The lowest BCUT2D eigenvalue weighted by atomic mass is 10.0. The van der Waals surface area contributed by atoms with E-state index in [2.05, 4.69) is 9.97 Å². The Labute approximate surface area is 161 Å². The van der Waals surface area contributed by atoms with Crippen LogP contribution in [0.1, 0.15) is 17.3 Å². The number of hydrogen-bond donors (Lipinski definition) is 0. The number of pyridine rings is 2. The molecule has 0 bridgehead atoms. The third kappa shape index (κ3) is 3.45. The first-order valence-corrected chi connectivity index (χ1v) is 8.76. The van der Waals surface area contributed by atoms with Gasteiger partial charge in [-0.05, 0) is 31.2 Å². The molecule has 0 spiro atoms. The van der Waals surface area contributed by atoms with Crippen LogP contribution < -0.4 is 4.90 Å². The minimum atomic E-state index is -0.408. The molecular weight excluding hydrogens is 373 g/mol. The quantitative estimate of drug-likeness (QED) is 0.597. The Morgan fingerprint density at radius 3 is 2.46 bits per heavy atom. The standard InChI is InChI=1S/C19H17Cl2N3O2/c1-4-26-19(25)15-10-23-17-14(18(15)24(2)3)5-6-22-16(17)11-7-12(20)9-13(21)8-11/h5-10H,4H2,1-3H3. The number of hydrogen-bond acceptors (Lipinski definition) is 5. The van der Waals surface area contributed by atoms with E-state index in [0.717, 1.165) is 16.6 Å². The Morgan fingerprint density at radius 2 is 1.85 bits per heavy atom. The molecular formula is C19H17Cl2N3O2. The first-order valence-electron chi connectivity index (χ1n) is 8.01. The second-order valence-corrected chi connectivity index (χ2v) is 6.72. The molecule has 0 N–H and O–H groups in total. The fraction of sp³-hybridized carbons (Fsp3) is 0.211. The van der Waals surface area contributed by atoms with Crippen molar-refractivity contribution in [1.29, 1.82) is 0 Å². The minimum absolute atomic E-state index is 0.298. The summed E-state index contributed by atoms with van der Waals surface area (Å²) in [6, 6.07) is 7.06. The first kappa shape index (κ1) is 18.4. The van der Waals surface area contributed by atoms with Crippen molar-refractivity contribution in [3.63, 3.8) is 0 Å². The molecule has 2 aromatic heterocycles. The molecule has 0 unspecified atom stereocenters. The van der Waals surface area contributed by atoms with Gasteiger partial charge in [0.15, 0.2) is 0 Å². The lowest BCUT2D eigenvalue weighted by Crippen LogP contribution is -2.16. The average molecular weight is 390 g/mol. The molecule has 0 radical (unpaired) electrons. The van der Waals surface area contributed by atoms with Crippen LogP contribution in [-0.4, -0.2) is 36.6 Å². The van der Waals surface area contributed by atoms with Crippen LogP contribution in [0.15, 0.2) is 36.7 Å². The fourth-order valence-electron chi connectivity index (χ4n) is 2.85. The second kappa shape index (κ2) is 7.48. The number of carbonyl (C=O) groups is 1. The summed E-state index contributed by atoms with van der Waals surface area (Å²) >= 11 is 12.3. The van der Waals surface area contributed by atoms with E-state index in [4.69, 9.17) is 27.9 Å². The molecule has 3 rings (SSSR count). The third-order valence-electron chi connectivity index (χ3n) is 3.84. The van der Waals surface area contributed by atoms with E-state index in [1.165, 1.54) is 6.20 Å². The largest absolute Gasteiger partial charge is 0.462 e. The molecule has 0 saturated heterocycles. The molecule has 0 atom stereocenters. The molecule has 5 nitrogen and oxygen atoms in total. The summed E-state index contributed by atoms with van der Waals surface area (Å²) in [5.74, 6) is -0.408. The van der Waals surface area contributed by atoms with Crippen molar-refractivity contribution in [3.8, 4) is 11.3 Å². The summed E-state index contributed by atoms with van der Waals surface area (Å²) in [5, 5.41) is 1.83. The number of fused-ring (bicyclic) bond motifs is 1. The van der Waals surface area contributed by atoms with Gasteiger partial charge in [0.25, 0.3) is 0 Å². The molecule has 1 aromatic carbocycles. The summed E-state index contributed by atoms with van der Waals surface area (Å²) in [6.07, 6.45) is 3.20. The molecule has 0 aliphatic carbocycles. The fourth-order valence-corrected chi connectivity index (χ4v) is 3.38. The lowest BCUT2D eigenvalue weighted by Gasteiger charge is -2.19. The minimum Gasteiger partial charge on any atom is -0.462 e. The zero-order chi connectivity index (χ0) is 18.8. The molecule has 7 heteroatoms. The zero-order valence-electron chi connectivity index (χ0n) is 14.6. The Hall–Kier alpha value is -2.37. The number of nitrogens with zero attached hydrogens (tertiary/aromatic N) is 3. The Bertz CT molecular complexity index is 970. The number of rotatable bonds is 4. The van der Waals surface area contributed by atoms with Gasteiger partial charge in [-0.1, -0.05) is 23.2 Å². The molecule has 26 heavy (non-hydrogen) atoms. The van der Waals surface area contributed by atoms with Crippen LogP contribution in [0.5, 0.6) is 0 Å². The van der Waals surface area contributed by atoms with Gasteiger partial charge in [-0.3, -0.25) is 9.97 Å². The van der Waals surface area contributed by atoms with Gasteiger partial charge in [0.2, 0.25) is 0 Å². The smallest absolute Gasteiger partial charge is 0.341 e. The van der Waals surface area contributed by atoms with Gasteiger partial charge in [0.1, 0.15) is 5.56 Å². The number of anilines is 1. The third-order valence-corrected chi connectivity index (χ3v) is 4.27. The van der Waals surface area contributed by atoms with Crippen molar-refractivity contribution in [2.45, 2.75) is 6.92 Å². The molecule has 0 aliphatic rings.